The second kappa shape index (κ2) is 65.7. The van der Waals surface area contributed by atoms with E-state index in [1.54, 1.807) is 0 Å². The zero-order valence-corrected chi connectivity index (χ0v) is 74.0. The van der Waals surface area contributed by atoms with Crippen LogP contribution >= 0.6 is 0 Å². The van der Waals surface area contributed by atoms with E-state index in [0.717, 1.165) is 194 Å². The number of carbonyl (C=O) groups excluding carboxylic acids is 6. The van der Waals surface area contributed by atoms with E-state index in [0.29, 0.717) is 96.6 Å². The average Bonchev–Trinajstić information content (AvgIpc) is 0.932. The lowest BCUT2D eigenvalue weighted by Gasteiger charge is -2.36. The molecule has 0 radical (unpaired) electrons. The maximum atomic E-state index is 11.9. The Kier molecular flexibility index (Phi) is 64.2. The molecule has 0 amide bonds. The third-order valence-corrected chi connectivity index (χ3v) is 23.2. The van der Waals surface area contributed by atoms with E-state index in [-0.39, 0.29) is 19.3 Å². The van der Waals surface area contributed by atoms with E-state index in [2.05, 4.69) is 177 Å². The summed E-state index contributed by atoms with van der Waals surface area (Å²) in [4.78, 5) is 98.8. The molecule has 6 aliphatic rings. The molecule has 0 bridgehead atoms. The Bertz CT molecular complexity index is 2140. The number of ketones is 6. The van der Waals surface area contributed by atoms with E-state index in [4.69, 9.17) is 4.74 Å². The summed E-state index contributed by atoms with van der Waals surface area (Å²) in [5.74, 6) is 3.05. The van der Waals surface area contributed by atoms with Gasteiger partial charge in [0.05, 0.1) is 6.61 Å². The van der Waals surface area contributed by atoms with E-state index in [9.17, 15) is 28.8 Å². The smallest absolute Gasteiger partial charge is 0.135 e. The van der Waals surface area contributed by atoms with Crippen LogP contribution in [0.4, 0.5) is 0 Å². The molecule has 19 nitrogen and oxygen atoms in total. The van der Waals surface area contributed by atoms with Crippen LogP contribution in [-0.4, -0.2) is 339 Å². The molecule has 0 aromatic rings. The topological polar surface area (TPSA) is 151 Å². The Hall–Kier alpha value is -2.50. The van der Waals surface area contributed by atoms with Gasteiger partial charge in [-0.1, -0.05) is 75.7 Å². The zero-order valence-electron chi connectivity index (χ0n) is 74.0. The molecule has 19 heteroatoms. The first kappa shape index (κ1) is 106. The SMILES string of the molecule is C.CCC(=O)CCCCN1CCN(C(C)C)CC1.CCC(=O)CCCN1CCN(C(C)C)CC1.CCC(=O)CCCOCCN1CCN(C(C)C)CC1.CCCC(=O)CCCN1CCN(C(C)C)CC1.CCC[C@@H](C)C(=O)CCCN1CCN(C(C)C)CC1.CCC[C@H](C)C(=O)CCCN1CCN(C(C)C)CC1. The first-order chi connectivity index (χ1) is 51.1. The van der Waals surface area contributed by atoms with Gasteiger partial charge in [-0.05, 0) is 180 Å². The van der Waals surface area contributed by atoms with Crippen LogP contribution in [0.3, 0.4) is 0 Å². The van der Waals surface area contributed by atoms with Gasteiger partial charge in [-0.25, -0.2) is 0 Å². The fraction of sp³-hybridized carbons (Fsp3) is 0.933. The molecule has 6 rings (SSSR count). The van der Waals surface area contributed by atoms with Gasteiger partial charge in [0.2, 0.25) is 0 Å². The van der Waals surface area contributed by atoms with E-state index >= 15 is 0 Å². The lowest BCUT2D eigenvalue weighted by atomic mass is 9.97. The standard InChI is InChI=1S/2C16H32N2O.C15H30N2O2.2C14H28N2O.C13H26N2O.CH4/c2*1-5-7-15(4)16(19)8-6-9-17-10-12-18(13-11-17)14(2)3;1-4-15(18)6-5-12-19-13-11-16-7-9-17(10-8-16)14(2)3;1-4-14(17)7-5-6-8-15-9-11-16(12-10-15)13(2)3;1-4-6-14(17)7-5-8-15-9-11-16(12-10-15)13(2)3;1-4-13(16)6-5-7-14-8-10-15(11-9-14)12(2)3;/h2*14-15H,5-13H2,1-4H3;14H,4-13H2,1-3H3;2*13H,4-12H2,1-3H3;12H,4-11H2,1-3H3;1H4/t2*15-;;;;;/m10...../s1. The first-order valence-corrected chi connectivity index (χ1v) is 44.6. The molecular weight excluding hydrogens is 1350 g/mol. The van der Waals surface area contributed by atoms with Crippen molar-refractivity contribution in [2.45, 2.75) is 323 Å². The number of rotatable bonds is 45. The Balaban J connectivity index is 0.00000127. The fourth-order valence-corrected chi connectivity index (χ4v) is 14.9. The van der Waals surface area contributed by atoms with E-state index < -0.39 is 0 Å². The second-order valence-electron chi connectivity index (χ2n) is 33.7. The van der Waals surface area contributed by atoms with Crippen molar-refractivity contribution >= 4 is 34.7 Å². The Labute approximate surface area is 668 Å². The maximum Gasteiger partial charge on any atom is 0.135 e. The Morgan fingerprint density at radius 3 is 0.731 bits per heavy atom. The van der Waals surface area contributed by atoms with Gasteiger partial charge in [-0.15, -0.1) is 0 Å². The average molecular weight is 1530 g/mol. The van der Waals surface area contributed by atoms with Crippen LogP contribution in [0.5, 0.6) is 0 Å². The molecule has 0 aromatic heterocycles. The van der Waals surface area contributed by atoms with Crippen molar-refractivity contribution in [3.8, 4) is 0 Å². The Morgan fingerprint density at radius 2 is 0.481 bits per heavy atom. The normalized spacial score (nSPS) is 18.9. The molecule has 0 N–H and O–H groups in total. The molecule has 6 aliphatic heterocycles. The van der Waals surface area contributed by atoms with Gasteiger partial charge in [-0.3, -0.25) is 63.1 Å². The predicted octanol–water partition coefficient (Wildman–Crippen LogP) is 14.1. The van der Waals surface area contributed by atoms with Crippen molar-refractivity contribution in [2.24, 2.45) is 11.8 Å². The van der Waals surface area contributed by atoms with Crippen LogP contribution in [0.25, 0.3) is 0 Å². The minimum atomic E-state index is 0. The summed E-state index contributed by atoms with van der Waals surface area (Å²) >= 11 is 0. The second-order valence-corrected chi connectivity index (χ2v) is 33.7. The van der Waals surface area contributed by atoms with Gasteiger partial charge in [0.15, 0.2) is 0 Å². The highest BCUT2D eigenvalue weighted by Crippen LogP contribution is 2.17. The van der Waals surface area contributed by atoms with Crippen LogP contribution in [0, 0.1) is 11.8 Å². The summed E-state index contributed by atoms with van der Waals surface area (Å²) in [6.45, 7) is 79.8. The largest absolute Gasteiger partial charge is 0.380 e. The molecule has 0 unspecified atom stereocenters. The summed E-state index contributed by atoms with van der Waals surface area (Å²) in [5.41, 5.74) is 0. The first-order valence-electron chi connectivity index (χ1n) is 44.6. The quantitative estimate of drug-likeness (QED) is 0.0531. The van der Waals surface area contributed by atoms with Crippen molar-refractivity contribution in [3.63, 3.8) is 0 Å². The van der Waals surface area contributed by atoms with Gasteiger partial charge in [0, 0.05) is 283 Å². The molecule has 0 aromatic carbocycles. The highest BCUT2D eigenvalue weighted by atomic mass is 16.5. The molecule has 6 heterocycles. The van der Waals surface area contributed by atoms with Gasteiger partial charge >= 0.3 is 0 Å². The van der Waals surface area contributed by atoms with Gasteiger partial charge in [0.25, 0.3) is 0 Å². The molecule has 0 saturated carbocycles. The number of piperazine rings is 6. The van der Waals surface area contributed by atoms with Crippen molar-refractivity contribution in [1.29, 1.82) is 0 Å². The van der Waals surface area contributed by atoms with Crippen molar-refractivity contribution < 1.29 is 33.5 Å². The van der Waals surface area contributed by atoms with Gasteiger partial charge in [0.1, 0.15) is 34.7 Å². The van der Waals surface area contributed by atoms with Crippen molar-refractivity contribution in [3.05, 3.63) is 0 Å². The van der Waals surface area contributed by atoms with Crippen molar-refractivity contribution in [2.75, 3.05) is 210 Å². The monoisotopic (exact) mass is 1530 g/mol. The summed E-state index contributed by atoms with van der Waals surface area (Å²) in [6, 6.07) is 4.01. The summed E-state index contributed by atoms with van der Waals surface area (Å²) < 4.78 is 5.60. The Morgan fingerprint density at radius 1 is 0.250 bits per heavy atom. The number of hydrogen-bond donors (Lipinski definition) is 0. The number of carbonyl (C=O) groups is 6. The highest BCUT2D eigenvalue weighted by molar-refractivity contribution is 5.81. The van der Waals surface area contributed by atoms with Gasteiger partial charge in [-0.2, -0.15) is 0 Å². The number of ether oxygens (including phenoxy) is 1. The molecule has 638 valence electrons. The molecular formula is C89H180N12O7. The number of Topliss-reactive ketones (excluding diaryl/α,β-unsaturated/α-hetero) is 6. The number of unbranched alkanes of at least 4 members (excludes halogenated alkanes) is 1. The number of hydrogen-bond acceptors (Lipinski definition) is 19. The van der Waals surface area contributed by atoms with E-state index in [1.807, 2.05) is 20.8 Å². The molecule has 6 fully saturated rings. The molecule has 0 spiro atoms. The molecule has 6 saturated heterocycles. The minimum absolute atomic E-state index is 0. The van der Waals surface area contributed by atoms with Crippen LogP contribution in [0.15, 0.2) is 0 Å². The van der Waals surface area contributed by atoms with Crippen LogP contribution < -0.4 is 0 Å². The number of nitrogens with zero attached hydrogens (tertiary/aromatic N) is 12. The lowest BCUT2D eigenvalue weighted by Crippen LogP contribution is -2.49. The summed E-state index contributed by atoms with van der Waals surface area (Å²) in [7, 11) is 0. The molecule has 108 heavy (non-hydrogen) atoms. The summed E-state index contributed by atoms with van der Waals surface area (Å²) in [5, 5.41) is 0. The third-order valence-electron chi connectivity index (χ3n) is 23.2. The lowest BCUT2D eigenvalue weighted by molar-refractivity contribution is -0.123. The van der Waals surface area contributed by atoms with E-state index in [1.165, 1.54) is 131 Å². The van der Waals surface area contributed by atoms with Crippen LogP contribution in [-0.2, 0) is 33.5 Å². The summed E-state index contributed by atoms with van der Waals surface area (Å²) in [6.07, 6.45) is 19.9. The van der Waals surface area contributed by atoms with Gasteiger partial charge < -0.3 is 29.2 Å². The fourth-order valence-electron chi connectivity index (χ4n) is 14.9. The van der Waals surface area contributed by atoms with Crippen LogP contribution in [0.2, 0.25) is 0 Å². The van der Waals surface area contributed by atoms with Crippen molar-refractivity contribution in [1.82, 2.24) is 58.8 Å². The maximum absolute atomic E-state index is 11.9. The zero-order chi connectivity index (χ0) is 79.9. The third kappa shape index (κ3) is 52.1. The highest BCUT2D eigenvalue weighted by Gasteiger charge is 2.25. The van der Waals surface area contributed by atoms with Crippen LogP contribution in [0.1, 0.15) is 287 Å². The molecule has 0 aliphatic carbocycles. The predicted molar refractivity (Wildman–Crippen MR) is 460 cm³/mol. The molecule has 2 atom stereocenters. The minimum Gasteiger partial charge on any atom is -0.380 e.